The molecule has 0 radical (unpaired) electrons. The molecule has 96 valence electrons. The van der Waals surface area contributed by atoms with E-state index in [4.69, 9.17) is 0 Å². The molecule has 18 heavy (non-hydrogen) atoms. The van der Waals surface area contributed by atoms with Gasteiger partial charge in [0.15, 0.2) is 5.65 Å². The average Bonchev–Trinajstić information content (AvgIpc) is 3.09. The summed E-state index contributed by atoms with van der Waals surface area (Å²) in [5.74, 6) is 2.40. The third kappa shape index (κ3) is 2.23. The number of anilines is 1. The zero-order valence-electron chi connectivity index (χ0n) is 10.4. The van der Waals surface area contributed by atoms with Crippen molar-refractivity contribution in [2.45, 2.75) is 32.6 Å². The van der Waals surface area contributed by atoms with Crippen molar-refractivity contribution in [1.82, 2.24) is 19.6 Å². The Kier molecular flexibility index (Phi) is 2.77. The van der Waals surface area contributed by atoms with Crippen LogP contribution in [-0.2, 0) is 0 Å². The van der Waals surface area contributed by atoms with Crippen molar-refractivity contribution < 1.29 is 0 Å². The number of aromatic nitrogens is 4. The number of aromatic amines is 1. The van der Waals surface area contributed by atoms with Gasteiger partial charge in [-0.25, -0.2) is 19.3 Å². The van der Waals surface area contributed by atoms with Gasteiger partial charge in [0.2, 0.25) is 0 Å². The van der Waals surface area contributed by atoms with E-state index in [1.54, 1.807) is 13.0 Å². The number of nitrogens with zero attached hydrogens (tertiary/aromatic N) is 3. The summed E-state index contributed by atoms with van der Waals surface area (Å²) in [6, 6.07) is 1.79. The molecular weight excluding hydrogens is 230 g/mol. The van der Waals surface area contributed by atoms with Gasteiger partial charge in [-0.2, -0.15) is 5.10 Å². The Morgan fingerprint density at radius 2 is 2.39 bits per heavy atom. The van der Waals surface area contributed by atoms with Gasteiger partial charge in [-0.15, -0.1) is 0 Å². The molecule has 1 aliphatic carbocycles. The van der Waals surface area contributed by atoms with E-state index in [1.807, 2.05) is 0 Å². The van der Waals surface area contributed by atoms with Crippen LogP contribution in [0.4, 0.5) is 5.82 Å². The highest BCUT2D eigenvalue weighted by atomic mass is 16.1. The van der Waals surface area contributed by atoms with Crippen molar-refractivity contribution in [3.63, 3.8) is 0 Å². The molecule has 1 saturated carbocycles. The van der Waals surface area contributed by atoms with Gasteiger partial charge in [-0.3, -0.25) is 0 Å². The van der Waals surface area contributed by atoms with Crippen LogP contribution in [0, 0.1) is 12.8 Å². The van der Waals surface area contributed by atoms with E-state index in [2.05, 4.69) is 20.5 Å². The molecule has 0 spiro atoms. The molecule has 6 nitrogen and oxygen atoms in total. The third-order valence-corrected chi connectivity index (χ3v) is 3.36. The molecule has 2 aromatic rings. The van der Waals surface area contributed by atoms with Crippen molar-refractivity contribution in [3.05, 3.63) is 22.4 Å². The monoisotopic (exact) mass is 247 g/mol. The van der Waals surface area contributed by atoms with Crippen molar-refractivity contribution in [2.24, 2.45) is 5.92 Å². The normalized spacial score (nSPS) is 15.2. The number of H-pyrrole nitrogens is 1. The highest BCUT2D eigenvalue weighted by Gasteiger charge is 2.19. The number of fused-ring (bicyclic) bond motifs is 1. The Balaban J connectivity index is 1.69. The van der Waals surface area contributed by atoms with E-state index in [0.29, 0.717) is 11.5 Å². The quantitative estimate of drug-likeness (QED) is 0.782. The topological polar surface area (TPSA) is 75.1 Å². The summed E-state index contributed by atoms with van der Waals surface area (Å²) in [4.78, 5) is 15.8. The molecular formula is C12H17N5O. The summed E-state index contributed by atoms with van der Waals surface area (Å²) < 4.78 is 1.47. The zero-order valence-corrected chi connectivity index (χ0v) is 10.4. The first-order valence-electron chi connectivity index (χ1n) is 6.43. The number of rotatable bonds is 5. The highest BCUT2D eigenvalue weighted by molar-refractivity contribution is 5.49. The Labute approximate surface area is 104 Å². The van der Waals surface area contributed by atoms with E-state index in [9.17, 15) is 4.79 Å². The molecule has 1 aliphatic rings. The molecule has 2 aromatic heterocycles. The van der Waals surface area contributed by atoms with E-state index >= 15 is 0 Å². The fraction of sp³-hybridized carbons (Fsp3) is 0.583. The van der Waals surface area contributed by atoms with Gasteiger partial charge in [0, 0.05) is 12.6 Å². The first kappa shape index (κ1) is 11.3. The van der Waals surface area contributed by atoms with E-state index < -0.39 is 0 Å². The first-order valence-corrected chi connectivity index (χ1v) is 6.43. The smallest absolute Gasteiger partial charge is 0.349 e. The minimum Gasteiger partial charge on any atom is -0.370 e. The predicted octanol–water partition coefficient (Wildman–Crippen LogP) is 1.33. The lowest BCUT2D eigenvalue weighted by molar-refractivity contribution is 0.686. The van der Waals surface area contributed by atoms with Gasteiger partial charge >= 0.3 is 5.69 Å². The van der Waals surface area contributed by atoms with Crippen LogP contribution >= 0.6 is 0 Å². The molecule has 2 heterocycles. The molecule has 2 N–H and O–H groups in total. The van der Waals surface area contributed by atoms with E-state index in [-0.39, 0.29) is 5.69 Å². The van der Waals surface area contributed by atoms with Crippen molar-refractivity contribution in [3.8, 4) is 0 Å². The molecule has 0 saturated heterocycles. The molecule has 3 rings (SSSR count). The second-order valence-corrected chi connectivity index (χ2v) is 4.92. The van der Waals surface area contributed by atoms with Crippen LogP contribution in [0.1, 0.15) is 31.5 Å². The van der Waals surface area contributed by atoms with Crippen molar-refractivity contribution in [1.29, 1.82) is 0 Å². The van der Waals surface area contributed by atoms with Crippen molar-refractivity contribution in [2.75, 3.05) is 11.9 Å². The van der Waals surface area contributed by atoms with E-state index in [1.165, 1.54) is 30.1 Å². The number of aryl methyl sites for hydroxylation is 1. The van der Waals surface area contributed by atoms with Gasteiger partial charge < -0.3 is 5.32 Å². The van der Waals surface area contributed by atoms with E-state index in [0.717, 1.165) is 18.3 Å². The number of hydrogen-bond acceptors (Lipinski definition) is 4. The summed E-state index contributed by atoms with van der Waals surface area (Å²) in [5.41, 5.74) is 0.368. The van der Waals surface area contributed by atoms with Crippen LogP contribution < -0.4 is 11.0 Å². The fourth-order valence-electron chi connectivity index (χ4n) is 2.20. The zero-order chi connectivity index (χ0) is 12.5. The first-order chi connectivity index (χ1) is 8.74. The van der Waals surface area contributed by atoms with Crippen LogP contribution in [0.15, 0.2) is 10.9 Å². The molecule has 6 heteroatoms. The van der Waals surface area contributed by atoms with Gasteiger partial charge in [-0.05, 0) is 25.7 Å². The molecule has 0 atom stereocenters. The highest BCUT2D eigenvalue weighted by Crippen LogP contribution is 2.33. The van der Waals surface area contributed by atoms with Gasteiger partial charge in [0.25, 0.3) is 0 Å². The van der Waals surface area contributed by atoms with Gasteiger partial charge in [-0.1, -0.05) is 12.8 Å². The lowest BCUT2D eigenvalue weighted by atomic mass is 10.2. The summed E-state index contributed by atoms with van der Waals surface area (Å²) in [6.45, 7) is 2.73. The molecule has 0 aliphatic heterocycles. The Morgan fingerprint density at radius 3 is 3.17 bits per heavy atom. The summed E-state index contributed by atoms with van der Waals surface area (Å²) in [5, 5.41) is 9.67. The lowest BCUT2D eigenvalue weighted by Crippen LogP contribution is -2.14. The average molecular weight is 247 g/mol. The minimum atomic E-state index is -0.240. The second kappa shape index (κ2) is 4.44. The van der Waals surface area contributed by atoms with Crippen LogP contribution in [0.5, 0.6) is 0 Å². The largest absolute Gasteiger partial charge is 0.370 e. The fourth-order valence-corrected chi connectivity index (χ4v) is 2.20. The maximum Gasteiger partial charge on any atom is 0.349 e. The van der Waals surface area contributed by atoms with Gasteiger partial charge in [0.1, 0.15) is 11.6 Å². The molecule has 0 bridgehead atoms. The number of nitrogens with one attached hydrogen (secondary N) is 2. The van der Waals surface area contributed by atoms with Crippen LogP contribution in [0.3, 0.4) is 0 Å². The standard InChI is InChI=1S/C12H17N5O/c1-8-14-10(13-6-2-3-9-4-5-9)7-11-15-16-12(18)17(8)11/h7,9,13H,2-6H2,1H3,(H,16,18). The number of hydrogen-bond donors (Lipinski definition) is 2. The Bertz CT molecular complexity index is 610. The van der Waals surface area contributed by atoms with Crippen LogP contribution in [-0.4, -0.2) is 26.1 Å². The lowest BCUT2D eigenvalue weighted by Gasteiger charge is -2.06. The maximum absolute atomic E-state index is 11.4. The molecule has 0 unspecified atom stereocenters. The summed E-state index contributed by atoms with van der Waals surface area (Å²) in [6.07, 6.45) is 5.28. The second-order valence-electron chi connectivity index (χ2n) is 4.92. The van der Waals surface area contributed by atoms with Crippen molar-refractivity contribution >= 4 is 11.5 Å². The van der Waals surface area contributed by atoms with Crippen LogP contribution in [0.2, 0.25) is 0 Å². The molecule has 0 amide bonds. The summed E-state index contributed by atoms with van der Waals surface area (Å²) >= 11 is 0. The molecule has 1 fully saturated rings. The Morgan fingerprint density at radius 1 is 1.56 bits per heavy atom. The van der Waals surface area contributed by atoms with Crippen LogP contribution in [0.25, 0.3) is 5.65 Å². The predicted molar refractivity (Wildman–Crippen MR) is 68.8 cm³/mol. The minimum absolute atomic E-state index is 0.240. The maximum atomic E-state index is 11.4. The van der Waals surface area contributed by atoms with Gasteiger partial charge in [0.05, 0.1) is 0 Å². The summed E-state index contributed by atoms with van der Waals surface area (Å²) in [7, 11) is 0. The molecule has 0 aromatic carbocycles. The SMILES string of the molecule is Cc1nc(NCCCC2CC2)cc2n[nH]c(=O)n12. The Hall–Kier alpha value is -1.85. The third-order valence-electron chi connectivity index (χ3n) is 3.36.